The van der Waals surface area contributed by atoms with Gasteiger partial charge in [-0.05, 0) is 61.7 Å². The minimum absolute atomic E-state index is 0.00783. The predicted octanol–water partition coefficient (Wildman–Crippen LogP) is 4.80. The first-order valence-electron chi connectivity index (χ1n) is 13.7. The van der Waals surface area contributed by atoms with E-state index in [9.17, 15) is 32.5 Å². The number of carbonyl (C=O) groups is 2. The van der Waals surface area contributed by atoms with Gasteiger partial charge in [0.05, 0.1) is 15.5 Å². The molecule has 1 atom stereocenters. The van der Waals surface area contributed by atoms with Gasteiger partial charge in [0.2, 0.25) is 11.8 Å². The molecule has 0 unspecified atom stereocenters. The van der Waals surface area contributed by atoms with E-state index in [1.807, 2.05) is 0 Å². The van der Waals surface area contributed by atoms with Crippen LogP contribution in [0.15, 0.2) is 83.8 Å². The van der Waals surface area contributed by atoms with Crippen LogP contribution in [0.2, 0.25) is 0 Å². The van der Waals surface area contributed by atoms with Gasteiger partial charge in [0.15, 0.2) is 0 Å². The van der Waals surface area contributed by atoms with Gasteiger partial charge < -0.3 is 10.2 Å². The largest absolute Gasteiger partial charge is 0.352 e. The number of anilines is 1. The molecular weight excluding hydrogens is 563 g/mol. The van der Waals surface area contributed by atoms with Crippen molar-refractivity contribution in [3.8, 4) is 0 Å². The topological polar surface area (TPSA) is 130 Å². The Morgan fingerprint density at radius 3 is 2.19 bits per heavy atom. The van der Waals surface area contributed by atoms with E-state index in [2.05, 4.69) is 5.32 Å². The number of nitro benzene ring substituents is 1. The summed E-state index contributed by atoms with van der Waals surface area (Å²) in [5, 5.41) is 14.2. The fourth-order valence-corrected chi connectivity index (χ4v) is 6.36. The molecule has 0 radical (unpaired) electrons. The average molecular weight is 597 g/mol. The Balaban J connectivity index is 1.67. The average Bonchev–Trinajstić information content (AvgIpc) is 3.00. The monoisotopic (exact) mass is 596 g/mol. The zero-order chi connectivity index (χ0) is 30.3. The van der Waals surface area contributed by atoms with E-state index in [4.69, 9.17) is 0 Å². The Kier molecular flexibility index (Phi) is 9.89. The Morgan fingerprint density at radius 2 is 1.60 bits per heavy atom. The maximum Gasteiger partial charge on any atom is 0.269 e. The van der Waals surface area contributed by atoms with Crippen molar-refractivity contribution in [1.29, 1.82) is 0 Å². The Morgan fingerprint density at radius 1 is 0.976 bits per heavy atom. The van der Waals surface area contributed by atoms with Gasteiger partial charge in [0.1, 0.15) is 18.4 Å². The van der Waals surface area contributed by atoms with Crippen LogP contribution in [-0.4, -0.2) is 48.7 Å². The van der Waals surface area contributed by atoms with Gasteiger partial charge in [0.25, 0.3) is 15.7 Å². The van der Waals surface area contributed by atoms with Crippen molar-refractivity contribution in [1.82, 2.24) is 10.2 Å². The molecule has 0 heterocycles. The molecule has 3 aromatic rings. The highest BCUT2D eigenvalue weighted by Crippen LogP contribution is 2.27. The second-order valence-electron chi connectivity index (χ2n) is 10.3. The molecule has 1 fully saturated rings. The summed E-state index contributed by atoms with van der Waals surface area (Å²) in [5.74, 6) is -1.51. The number of nitro groups is 1. The van der Waals surface area contributed by atoms with Crippen LogP contribution in [0.3, 0.4) is 0 Å². The van der Waals surface area contributed by atoms with Gasteiger partial charge in [-0.2, -0.15) is 0 Å². The lowest BCUT2D eigenvalue weighted by Crippen LogP contribution is -2.53. The molecule has 2 amide bonds. The number of carbonyl (C=O) groups excluding carboxylic acids is 2. The quantitative estimate of drug-likeness (QED) is 0.250. The highest BCUT2D eigenvalue weighted by molar-refractivity contribution is 7.92. The number of amides is 2. The van der Waals surface area contributed by atoms with Gasteiger partial charge in [-0.1, -0.05) is 49.6 Å². The van der Waals surface area contributed by atoms with Crippen molar-refractivity contribution in [3.63, 3.8) is 0 Å². The smallest absolute Gasteiger partial charge is 0.269 e. The molecule has 1 saturated carbocycles. The zero-order valence-corrected chi connectivity index (χ0v) is 24.0. The number of hydrogen-bond donors (Lipinski definition) is 1. The number of benzene rings is 3. The van der Waals surface area contributed by atoms with E-state index in [0.717, 1.165) is 48.5 Å². The fraction of sp³-hybridized carbons (Fsp3) is 0.333. The molecule has 1 aliphatic rings. The number of rotatable bonds is 11. The van der Waals surface area contributed by atoms with E-state index in [-0.39, 0.29) is 34.8 Å². The zero-order valence-electron chi connectivity index (χ0n) is 23.2. The molecule has 0 spiro atoms. The normalized spacial score (nSPS) is 14.5. The van der Waals surface area contributed by atoms with Crippen molar-refractivity contribution < 1.29 is 27.3 Å². The van der Waals surface area contributed by atoms with Crippen molar-refractivity contribution in [2.24, 2.45) is 0 Å². The minimum Gasteiger partial charge on any atom is -0.352 e. The number of nitrogens with one attached hydrogen (secondary N) is 1. The van der Waals surface area contributed by atoms with Crippen LogP contribution in [0, 0.1) is 15.9 Å². The van der Waals surface area contributed by atoms with Crippen molar-refractivity contribution in [3.05, 3.63) is 100 Å². The van der Waals surface area contributed by atoms with Gasteiger partial charge in [-0.25, -0.2) is 12.8 Å². The molecule has 0 saturated heterocycles. The third kappa shape index (κ3) is 7.49. The number of non-ortho nitro benzene ring substituents is 1. The summed E-state index contributed by atoms with van der Waals surface area (Å²) in [6.45, 7) is 0.816. The third-order valence-electron chi connectivity index (χ3n) is 7.34. The standard InChI is InChI=1S/C30H33FN4O6S/c1-22(30(37)32-25-8-4-2-5-9-25)33(20-23-12-14-24(31)15-13-23)29(36)21-34(26-16-18-27(19-17-26)35(38)39)42(40,41)28-10-6-3-7-11-28/h3,6-7,10-19,22,25H,2,4-5,8-9,20-21H2,1H3,(H,32,37)/t22-/m0/s1. The summed E-state index contributed by atoms with van der Waals surface area (Å²) in [6.07, 6.45) is 4.78. The Bertz CT molecular complexity index is 1500. The summed E-state index contributed by atoms with van der Waals surface area (Å²) in [6, 6.07) is 16.8. The summed E-state index contributed by atoms with van der Waals surface area (Å²) in [4.78, 5) is 39.0. The van der Waals surface area contributed by atoms with E-state index in [0.29, 0.717) is 5.56 Å². The van der Waals surface area contributed by atoms with Crippen LogP contribution in [0.4, 0.5) is 15.8 Å². The molecule has 10 nitrogen and oxygen atoms in total. The van der Waals surface area contributed by atoms with Crippen LogP contribution in [0.5, 0.6) is 0 Å². The lowest BCUT2D eigenvalue weighted by Gasteiger charge is -2.33. The van der Waals surface area contributed by atoms with Gasteiger partial charge in [-0.3, -0.25) is 24.0 Å². The molecule has 0 aromatic heterocycles. The van der Waals surface area contributed by atoms with E-state index >= 15 is 0 Å². The summed E-state index contributed by atoms with van der Waals surface area (Å²) in [7, 11) is -4.30. The number of sulfonamides is 1. The molecule has 0 bridgehead atoms. The van der Waals surface area contributed by atoms with E-state index < -0.39 is 39.3 Å². The molecule has 3 aromatic carbocycles. The molecule has 1 N–H and O–H groups in total. The van der Waals surface area contributed by atoms with Crippen LogP contribution in [-0.2, 0) is 26.2 Å². The van der Waals surface area contributed by atoms with Crippen molar-refractivity contribution >= 4 is 33.2 Å². The van der Waals surface area contributed by atoms with Gasteiger partial charge in [-0.15, -0.1) is 0 Å². The minimum atomic E-state index is -4.30. The fourth-order valence-electron chi connectivity index (χ4n) is 4.93. The summed E-state index contributed by atoms with van der Waals surface area (Å²) < 4.78 is 42.0. The van der Waals surface area contributed by atoms with Crippen molar-refractivity contribution in [2.45, 2.75) is 62.6 Å². The predicted molar refractivity (Wildman–Crippen MR) is 155 cm³/mol. The highest BCUT2D eigenvalue weighted by Gasteiger charge is 2.33. The second kappa shape index (κ2) is 13.6. The SMILES string of the molecule is C[C@@H](C(=O)NC1CCCCC1)N(Cc1ccc(F)cc1)C(=O)CN(c1ccc([N+](=O)[O-])cc1)S(=O)(=O)c1ccccc1. The number of halogens is 1. The molecule has 42 heavy (non-hydrogen) atoms. The Labute approximate surface area is 244 Å². The van der Waals surface area contributed by atoms with Gasteiger partial charge >= 0.3 is 0 Å². The number of nitrogens with zero attached hydrogens (tertiary/aromatic N) is 3. The van der Waals surface area contributed by atoms with Crippen molar-refractivity contribution in [2.75, 3.05) is 10.8 Å². The molecule has 1 aliphatic carbocycles. The second-order valence-corrected chi connectivity index (χ2v) is 12.1. The van der Waals surface area contributed by atoms with Crippen LogP contribution >= 0.6 is 0 Å². The van der Waals surface area contributed by atoms with Crippen LogP contribution in [0.25, 0.3) is 0 Å². The first-order valence-corrected chi connectivity index (χ1v) is 15.2. The van der Waals surface area contributed by atoms with E-state index in [1.165, 1.54) is 53.4 Å². The maximum absolute atomic E-state index is 13.9. The molecule has 222 valence electrons. The maximum atomic E-state index is 13.9. The molecule has 4 rings (SSSR count). The van der Waals surface area contributed by atoms with Crippen LogP contribution in [0.1, 0.15) is 44.6 Å². The molecule has 12 heteroatoms. The highest BCUT2D eigenvalue weighted by atomic mass is 32.2. The summed E-state index contributed by atoms with van der Waals surface area (Å²) >= 11 is 0. The van der Waals surface area contributed by atoms with E-state index in [1.54, 1.807) is 25.1 Å². The summed E-state index contributed by atoms with van der Waals surface area (Å²) in [5.41, 5.74) is 0.349. The molecular formula is C30H33FN4O6S. The van der Waals surface area contributed by atoms with Gasteiger partial charge in [0, 0.05) is 24.7 Å². The molecule has 0 aliphatic heterocycles. The first-order chi connectivity index (χ1) is 20.1. The lowest BCUT2D eigenvalue weighted by molar-refractivity contribution is -0.384. The Hall–Kier alpha value is -4.32. The third-order valence-corrected chi connectivity index (χ3v) is 9.13. The lowest BCUT2D eigenvalue weighted by atomic mass is 9.95. The number of hydrogen-bond acceptors (Lipinski definition) is 6. The first kappa shape index (κ1) is 30.6. The van der Waals surface area contributed by atoms with Crippen LogP contribution < -0.4 is 9.62 Å².